The Bertz CT molecular complexity index is 372. The molecular weight excluding hydrogens is 242 g/mol. The molecule has 3 rings (SSSR count). The van der Waals surface area contributed by atoms with Crippen molar-refractivity contribution in [3.05, 3.63) is 21.4 Å². The van der Waals surface area contributed by atoms with E-state index in [-0.39, 0.29) is 0 Å². The van der Waals surface area contributed by atoms with Crippen LogP contribution < -0.4 is 5.48 Å². The van der Waals surface area contributed by atoms with Crippen molar-refractivity contribution in [1.82, 2.24) is 5.48 Å². The lowest BCUT2D eigenvalue weighted by Crippen LogP contribution is -2.24. The molecule has 1 N–H and O–H groups in total. The van der Waals surface area contributed by atoms with E-state index in [0.717, 1.165) is 0 Å². The lowest BCUT2D eigenvalue weighted by molar-refractivity contribution is -0.0371. The summed E-state index contributed by atoms with van der Waals surface area (Å²) in [7, 11) is 0. The van der Waals surface area contributed by atoms with Crippen LogP contribution >= 0.6 is 11.3 Å². The number of hydroxylamine groups is 1. The van der Waals surface area contributed by atoms with Crippen LogP contribution in [0.5, 0.6) is 0 Å². The van der Waals surface area contributed by atoms with Crippen molar-refractivity contribution in [1.29, 1.82) is 0 Å². The summed E-state index contributed by atoms with van der Waals surface area (Å²) in [5.74, 6) is 0. The Morgan fingerprint density at radius 3 is 2.78 bits per heavy atom. The third kappa shape index (κ3) is 2.79. The predicted molar refractivity (Wildman–Crippen MR) is 75.9 cm³/mol. The monoisotopic (exact) mass is 265 g/mol. The van der Waals surface area contributed by atoms with Gasteiger partial charge in [0.1, 0.15) is 0 Å². The molecule has 1 aromatic heterocycles. The summed E-state index contributed by atoms with van der Waals surface area (Å²) in [6.45, 7) is 2.21. The highest BCUT2D eigenvalue weighted by Gasteiger charge is 2.19. The van der Waals surface area contributed by atoms with Gasteiger partial charge in [0.25, 0.3) is 0 Å². The fourth-order valence-electron chi connectivity index (χ4n) is 2.99. The Hall–Kier alpha value is -0.380. The van der Waals surface area contributed by atoms with Crippen LogP contribution in [0, 0.1) is 0 Å². The average molecular weight is 265 g/mol. The molecule has 2 nitrogen and oxygen atoms in total. The molecule has 0 bridgehead atoms. The molecule has 0 aliphatic heterocycles. The molecule has 1 heterocycles. The molecule has 0 radical (unpaired) electrons. The van der Waals surface area contributed by atoms with Crippen LogP contribution in [-0.2, 0) is 17.7 Å². The topological polar surface area (TPSA) is 21.3 Å². The van der Waals surface area contributed by atoms with Crippen LogP contribution in [0.15, 0.2) is 6.07 Å². The zero-order valence-corrected chi connectivity index (χ0v) is 12.0. The first-order chi connectivity index (χ1) is 8.83. The van der Waals surface area contributed by atoms with Crippen LogP contribution in [0.3, 0.4) is 0 Å². The molecule has 0 amide bonds. The van der Waals surface area contributed by atoms with Crippen molar-refractivity contribution < 1.29 is 4.84 Å². The number of rotatable bonds is 4. The second-order valence-corrected chi connectivity index (χ2v) is 6.84. The lowest BCUT2D eigenvalue weighted by atomic mass is 9.99. The van der Waals surface area contributed by atoms with Crippen molar-refractivity contribution in [2.45, 2.75) is 70.4 Å². The van der Waals surface area contributed by atoms with Crippen LogP contribution in [0.1, 0.15) is 66.8 Å². The molecule has 2 aliphatic carbocycles. The van der Waals surface area contributed by atoms with Gasteiger partial charge in [0.15, 0.2) is 0 Å². The molecule has 2 aliphatic rings. The van der Waals surface area contributed by atoms with Gasteiger partial charge in [-0.15, -0.1) is 11.3 Å². The predicted octanol–water partition coefficient (Wildman–Crippen LogP) is 4.15. The highest BCUT2D eigenvalue weighted by molar-refractivity contribution is 7.12. The Balaban J connectivity index is 1.57. The summed E-state index contributed by atoms with van der Waals surface area (Å²) < 4.78 is 0. The van der Waals surface area contributed by atoms with Gasteiger partial charge in [0, 0.05) is 9.75 Å². The van der Waals surface area contributed by atoms with E-state index in [1.165, 1.54) is 56.2 Å². The minimum Gasteiger partial charge on any atom is -0.298 e. The van der Waals surface area contributed by atoms with Gasteiger partial charge < -0.3 is 0 Å². The maximum absolute atomic E-state index is 5.81. The van der Waals surface area contributed by atoms with Crippen molar-refractivity contribution in [2.24, 2.45) is 0 Å². The van der Waals surface area contributed by atoms with Gasteiger partial charge >= 0.3 is 0 Å². The number of hydrogen-bond acceptors (Lipinski definition) is 3. The van der Waals surface area contributed by atoms with Gasteiger partial charge in [0.05, 0.1) is 12.1 Å². The molecule has 1 unspecified atom stereocenters. The highest BCUT2D eigenvalue weighted by Crippen LogP contribution is 2.33. The van der Waals surface area contributed by atoms with E-state index in [9.17, 15) is 0 Å². The summed E-state index contributed by atoms with van der Waals surface area (Å²) in [5.41, 5.74) is 4.85. The summed E-state index contributed by atoms with van der Waals surface area (Å²) in [6.07, 6.45) is 10.8. The smallest absolute Gasteiger partial charge is 0.0790 e. The molecule has 0 saturated heterocycles. The number of hydrogen-bond donors (Lipinski definition) is 1. The number of aryl methyl sites for hydroxylation is 2. The normalized spacial score (nSPS) is 22.1. The van der Waals surface area contributed by atoms with Gasteiger partial charge in [-0.1, -0.05) is 12.8 Å². The fourth-order valence-corrected chi connectivity index (χ4v) is 4.24. The molecule has 1 atom stereocenters. The molecule has 100 valence electrons. The number of fused-ring (bicyclic) bond motifs is 1. The molecule has 0 spiro atoms. The van der Waals surface area contributed by atoms with Crippen LogP contribution in [0.4, 0.5) is 0 Å². The minimum atomic E-state index is 0.334. The Morgan fingerprint density at radius 1 is 1.22 bits per heavy atom. The quantitative estimate of drug-likeness (QED) is 0.826. The van der Waals surface area contributed by atoms with Gasteiger partial charge in [-0.3, -0.25) is 4.84 Å². The van der Waals surface area contributed by atoms with Gasteiger partial charge in [0.2, 0.25) is 0 Å². The standard InChI is InChI=1S/C15H23NOS/c1-11(16-17-13-7-3-4-8-13)15-10-12-6-2-5-9-14(12)18-15/h10-11,13,16H,2-9H2,1H3. The lowest BCUT2D eigenvalue weighted by Gasteiger charge is -2.16. The second kappa shape index (κ2) is 5.72. The first-order valence-corrected chi connectivity index (χ1v) is 8.17. The van der Waals surface area contributed by atoms with E-state index in [1.807, 2.05) is 11.3 Å². The Kier molecular flexibility index (Phi) is 4.02. The maximum Gasteiger partial charge on any atom is 0.0790 e. The molecule has 3 heteroatoms. The van der Waals surface area contributed by atoms with Crippen molar-refractivity contribution >= 4 is 11.3 Å². The third-order valence-electron chi connectivity index (χ3n) is 4.16. The summed E-state index contributed by atoms with van der Waals surface area (Å²) in [6, 6.07) is 2.73. The highest BCUT2D eigenvalue weighted by atomic mass is 32.1. The number of nitrogens with one attached hydrogen (secondary N) is 1. The van der Waals surface area contributed by atoms with E-state index in [1.54, 1.807) is 10.4 Å². The molecule has 1 aromatic rings. The van der Waals surface area contributed by atoms with E-state index in [2.05, 4.69) is 18.5 Å². The fraction of sp³-hybridized carbons (Fsp3) is 0.733. The number of thiophene rings is 1. The van der Waals surface area contributed by atoms with Crippen LogP contribution in [-0.4, -0.2) is 6.10 Å². The van der Waals surface area contributed by atoms with Gasteiger partial charge in [-0.25, -0.2) is 0 Å². The first kappa shape index (κ1) is 12.6. The van der Waals surface area contributed by atoms with Crippen molar-refractivity contribution in [2.75, 3.05) is 0 Å². The zero-order chi connectivity index (χ0) is 12.4. The Labute approximate surface area is 114 Å². The van der Waals surface area contributed by atoms with E-state index in [4.69, 9.17) is 4.84 Å². The Morgan fingerprint density at radius 2 is 2.00 bits per heavy atom. The molecule has 18 heavy (non-hydrogen) atoms. The largest absolute Gasteiger partial charge is 0.298 e. The van der Waals surface area contributed by atoms with Crippen molar-refractivity contribution in [3.8, 4) is 0 Å². The van der Waals surface area contributed by atoms with Crippen LogP contribution in [0.25, 0.3) is 0 Å². The summed E-state index contributed by atoms with van der Waals surface area (Å²) in [5, 5.41) is 0. The van der Waals surface area contributed by atoms with E-state index < -0.39 is 0 Å². The summed E-state index contributed by atoms with van der Waals surface area (Å²) >= 11 is 1.98. The van der Waals surface area contributed by atoms with Gasteiger partial charge in [-0.05, 0) is 57.1 Å². The van der Waals surface area contributed by atoms with E-state index >= 15 is 0 Å². The maximum atomic E-state index is 5.81. The average Bonchev–Trinajstić information content (AvgIpc) is 3.04. The van der Waals surface area contributed by atoms with E-state index in [0.29, 0.717) is 12.1 Å². The first-order valence-electron chi connectivity index (χ1n) is 7.35. The van der Waals surface area contributed by atoms with Crippen molar-refractivity contribution in [3.63, 3.8) is 0 Å². The van der Waals surface area contributed by atoms with Gasteiger partial charge in [-0.2, -0.15) is 5.48 Å². The molecule has 1 saturated carbocycles. The third-order valence-corrected chi connectivity index (χ3v) is 5.58. The molecule has 0 aromatic carbocycles. The zero-order valence-electron chi connectivity index (χ0n) is 11.2. The summed E-state index contributed by atoms with van der Waals surface area (Å²) in [4.78, 5) is 8.87. The van der Waals surface area contributed by atoms with Crippen LogP contribution in [0.2, 0.25) is 0 Å². The molecule has 1 fully saturated rings. The SMILES string of the molecule is CC(NOC1CCCC1)c1cc2c(s1)CCCC2. The minimum absolute atomic E-state index is 0.334. The molecular formula is C15H23NOS. The second-order valence-electron chi connectivity index (χ2n) is 5.67.